The van der Waals surface area contributed by atoms with Crippen molar-refractivity contribution in [2.75, 3.05) is 11.9 Å². The van der Waals surface area contributed by atoms with E-state index in [9.17, 15) is 4.79 Å². The number of nitrogens with one attached hydrogen (secondary N) is 2. The molecule has 6 nitrogen and oxygen atoms in total. The Kier molecular flexibility index (Phi) is 5.60. The highest BCUT2D eigenvalue weighted by Gasteiger charge is 2.12. The van der Waals surface area contributed by atoms with Crippen LogP contribution < -0.4 is 15.4 Å². The largest absolute Gasteiger partial charge is 0.493 e. The number of amides is 1. The predicted octanol–water partition coefficient (Wildman–Crippen LogP) is 5.28. The van der Waals surface area contributed by atoms with Crippen LogP contribution in [0.25, 0.3) is 10.8 Å². The summed E-state index contributed by atoms with van der Waals surface area (Å²) in [6, 6.07) is 17.1. The van der Waals surface area contributed by atoms with Gasteiger partial charge >= 0.3 is 0 Å². The Morgan fingerprint density at radius 1 is 1.06 bits per heavy atom. The van der Waals surface area contributed by atoms with Crippen LogP contribution in [0.15, 0.2) is 67.0 Å². The van der Waals surface area contributed by atoms with Gasteiger partial charge in [-0.25, -0.2) is 9.97 Å². The first kappa shape index (κ1) is 20.3. The van der Waals surface area contributed by atoms with Gasteiger partial charge in [-0.1, -0.05) is 29.8 Å². The molecule has 3 heterocycles. The number of nitrogens with zero attached hydrogens (tertiary/aromatic N) is 2. The number of aromatic nitrogens is 2. The molecule has 1 aliphatic heterocycles. The molecule has 4 aromatic rings. The molecule has 1 aliphatic rings. The molecular weight excluding hydrogens is 424 g/mol. The van der Waals surface area contributed by atoms with Crippen molar-refractivity contribution in [2.45, 2.75) is 19.4 Å². The SMILES string of the molecule is O=C(NCc1ccc2c(c1)CCCO2)c1ccc(Nc2nccc3ccc(Cl)cc23)cn1. The van der Waals surface area contributed by atoms with Crippen LogP contribution in [0.3, 0.4) is 0 Å². The quantitative estimate of drug-likeness (QED) is 0.438. The number of anilines is 2. The minimum Gasteiger partial charge on any atom is -0.493 e. The second kappa shape index (κ2) is 8.85. The average Bonchev–Trinajstić information content (AvgIpc) is 2.83. The van der Waals surface area contributed by atoms with E-state index in [2.05, 4.69) is 26.7 Å². The molecule has 5 rings (SSSR count). The van der Waals surface area contributed by atoms with Crippen molar-refractivity contribution in [2.24, 2.45) is 0 Å². The lowest BCUT2D eigenvalue weighted by Crippen LogP contribution is -2.24. The molecule has 0 atom stereocenters. The number of hydrogen-bond donors (Lipinski definition) is 2. The van der Waals surface area contributed by atoms with E-state index < -0.39 is 0 Å². The van der Waals surface area contributed by atoms with Crippen molar-refractivity contribution < 1.29 is 9.53 Å². The molecule has 2 aromatic heterocycles. The third-order valence-corrected chi connectivity index (χ3v) is 5.65. The molecule has 0 saturated heterocycles. The van der Waals surface area contributed by atoms with Crippen LogP contribution in [-0.2, 0) is 13.0 Å². The lowest BCUT2D eigenvalue weighted by atomic mass is 10.0. The van der Waals surface area contributed by atoms with E-state index in [-0.39, 0.29) is 5.91 Å². The molecule has 2 aromatic carbocycles. The van der Waals surface area contributed by atoms with Gasteiger partial charge in [0, 0.05) is 23.2 Å². The van der Waals surface area contributed by atoms with Gasteiger partial charge in [-0.05, 0) is 65.8 Å². The summed E-state index contributed by atoms with van der Waals surface area (Å²) >= 11 is 6.14. The van der Waals surface area contributed by atoms with Gasteiger partial charge in [0.25, 0.3) is 5.91 Å². The van der Waals surface area contributed by atoms with Gasteiger partial charge in [-0.3, -0.25) is 4.79 Å². The molecule has 0 radical (unpaired) electrons. The second-order valence-electron chi connectivity index (χ2n) is 7.66. The monoisotopic (exact) mass is 444 g/mol. The minimum atomic E-state index is -0.222. The number of fused-ring (bicyclic) bond motifs is 2. The topological polar surface area (TPSA) is 76.1 Å². The highest BCUT2D eigenvalue weighted by Crippen LogP contribution is 2.27. The smallest absolute Gasteiger partial charge is 0.270 e. The van der Waals surface area contributed by atoms with E-state index in [1.807, 2.05) is 42.5 Å². The molecular formula is C25H21ClN4O2. The number of ether oxygens (including phenoxy) is 1. The number of hydrogen-bond acceptors (Lipinski definition) is 5. The fraction of sp³-hybridized carbons (Fsp3) is 0.160. The summed E-state index contributed by atoms with van der Waals surface area (Å²) in [5, 5.41) is 8.77. The lowest BCUT2D eigenvalue weighted by Gasteiger charge is -2.18. The van der Waals surface area contributed by atoms with Crippen molar-refractivity contribution in [3.63, 3.8) is 0 Å². The Morgan fingerprint density at radius 2 is 2.00 bits per heavy atom. The number of aryl methyl sites for hydroxylation is 1. The Hall–Kier alpha value is -3.64. The first-order valence-electron chi connectivity index (χ1n) is 10.5. The highest BCUT2D eigenvalue weighted by atomic mass is 35.5. The average molecular weight is 445 g/mol. The van der Waals surface area contributed by atoms with Gasteiger partial charge in [0.1, 0.15) is 17.3 Å². The van der Waals surface area contributed by atoms with Crippen LogP contribution in [0, 0.1) is 0 Å². The summed E-state index contributed by atoms with van der Waals surface area (Å²) < 4.78 is 5.64. The van der Waals surface area contributed by atoms with E-state index in [0.29, 0.717) is 23.1 Å². The Balaban J connectivity index is 1.25. The fourth-order valence-corrected chi connectivity index (χ4v) is 3.95. The van der Waals surface area contributed by atoms with Crippen molar-refractivity contribution in [1.29, 1.82) is 0 Å². The zero-order valence-corrected chi connectivity index (χ0v) is 18.0. The maximum atomic E-state index is 12.5. The van der Waals surface area contributed by atoms with E-state index in [1.165, 1.54) is 5.56 Å². The zero-order valence-electron chi connectivity index (χ0n) is 17.3. The summed E-state index contributed by atoms with van der Waals surface area (Å²) in [4.78, 5) is 21.3. The Morgan fingerprint density at radius 3 is 2.88 bits per heavy atom. The van der Waals surface area contributed by atoms with Gasteiger partial charge in [0.05, 0.1) is 18.5 Å². The van der Waals surface area contributed by atoms with E-state index >= 15 is 0 Å². The molecule has 0 saturated carbocycles. The Bertz CT molecular complexity index is 1290. The summed E-state index contributed by atoms with van der Waals surface area (Å²) in [6.07, 6.45) is 5.39. The van der Waals surface area contributed by atoms with Crippen molar-refractivity contribution >= 4 is 39.8 Å². The summed E-state index contributed by atoms with van der Waals surface area (Å²) in [5.74, 6) is 1.40. The van der Waals surface area contributed by atoms with Crippen LogP contribution in [0.5, 0.6) is 5.75 Å². The third kappa shape index (κ3) is 4.36. The van der Waals surface area contributed by atoms with Crippen LogP contribution >= 0.6 is 11.6 Å². The third-order valence-electron chi connectivity index (χ3n) is 5.41. The number of carbonyl (C=O) groups excluding carboxylic acids is 1. The number of benzene rings is 2. The molecule has 0 spiro atoms. The molecule has 7 heteroatoms. The standard InChI is InChI=1S/C25H21ClN4O2/c26-19-5-4-17-9-10-27-24(21(17)13-19)30-20-6-7-22(28-15-20)25(31)29-14-16-3-8-23-18(12-16)2-1-11-32-23/h3-10,12-13,15H,1-2,11,14H2,(H,27,30)(H,29,31). The van der Waals surface area contributed by atoms with Gasteiger partial charge in [-0.15, -0.1) is 0 Å². The minimum absolute atomic E-state index is 0.222. The summed E-state index contributed by atoms with van der Waals surface area (Å²) in [7, 11) is 0. The van der Waals surface area contributed by atoms with Gasteiger partial charge in [0.15, 0.2) is 0 Å². The number of pyridine rings is 2. The maximum absolute atomic E-state index is 12.5. The number of rotatable bonds is 5. The summed E-state index contributed by atoms with van der Waals surface area (Å²) in [6.45, 7) is 1.21. The van der Waals surface area contributed by atoms with Gasteiger partial charge < -0.3 is 15.4 Å². The van der Waals surface area contributed by atoms with E-state index in [1.54, 1.807) is 18.5 Å². The number of halogens is 1. The molecule has 2 N–H and O–H groups in total. The second-order valence-corrected chi connectivity index (χ2v) is 8.10. The first-order valence-corrected chi connectivity index (χ1v) is 10.8. The summed E-state index contributed by atoms with van der Waals surface area (Å²) in [5.41, 5.74) is 3.32. The first-order chi connectivity index (χ1) is 15.7. The predicted molar refractivity (Wildman–Crippen MR) is 126 cm³/mol. The van der Waals surface area contributed by atoms with Crippen molar-refractivity contribution in [3.05, 3.63) is 88.8 Å². The number of carbonyl (C=O) groups is 1. The molecule has 0 fully saturated rings. The molecule has 32 heavy (non-hydrogen) atoms. The molecule has 0 unspecified atom stereocenters. The normalized spacial score (nSPS) is 12.7. The van der Waals surface area contributed by atoms with Crippen LogP contribution in [-0.4, -0.2) is 22.5 Å². The zero-order chi connectivity index (χ0) is 21.9. The van der Waals surface area contributed by atoms with E-state index in [4.69, 9.17) is 16.3 Å². The Labute approximate surface area is 190 Å². The van der Waals surface area contributed by atoms with E-state index in [0.717, 1.165) is 47.2 Å². The molecule has 0 bridgehead atoms. The lowest BCUT2D eigenvalue weighted by molar-refractivity contribution is 0.0946. The van der Waals surface area contributed by atoms with Crippen molar-refractivity contribution in [3.8, 4) is 5.75 Å². The van der Waals surface area contributed by atoms with Crippen molar-refractivity contribution in [1.82, 2.24) is 15.3 Å². The van der Waals surface area contributed by atoms with Crippen LogP contribution in [0.2, 0.25) is 5.02 Å². The van der Waals surface area contributed by atoms with Gasteiger partial charge in [-0.2, -0.15) is 0 Å². The van der Waals surface area contributed by atoms with Crippen LogP contribution in [0.4, 0.5) is 11.5 Å². The molecule has 160 valence electrons. The maximum Gasteiger partial charge on any atom is 0.270 e. The molecule has 0 aliphatic carbocycles. The highest BCUT2D eigenvalue weighted by molar-refractivity contribution is 6.31. The fourth-order valence-electron chi connectivity index (χ4n) is 3.78. The van der Waals surface area contributed by atoms with Crippen LogP contribution in [0.1, 0.15) is 28.0 Å². The van der Waals surface area contributed by atoms with Gasteiger partial charge in [0.2, 0.25) is 0 Å². The molecule has 1 amide bonds.